The standard InChI is InChI=1S/C14H20N2O/c1-4-5-6-14(17)16-15-12(3)13-9-7-11(2)8-10-13/h7-10H,4-6H2,1-3H3,(H,16,17)/b15-12+. The molecule has 0 spiro atoms. The molecule has 1 aromatic carbocycles. The van der Waals surface area contributed by atoms with Crippen molar-refractivity contribution in [2.75, 3.05) is 0 Å². The normalized spacial score (nSPS) is 11.4. The number of aryl methyl sites for hydroxylation is 1. The summed E-state index contributed by atoms with van der Waals surface area (Å²) in [7, 11) is 0. The van der Waals surface area contributed by atoms with Crippen molar-refractivity contribution in [3.05, 3.63) is 35.4 Å². The van der Waals surface area contributed by atoms with E-state index in [4.69, 9.17) is 0 Å². The Bertz CT molecular complexity index is 393. The summed E-state index contributed by atoms with van der Waals surface area (Å²) < 4.78 is 0. The number of amides is 1. The summed E-state index contributed by atoms with van der Waals surface area (Å²) in [6.45, 7) is 6.00. The van der Waals surface area contributed by atoms with Gasteiger partial charge in [-0.25, -0.2) is 5.43 Å². The summed E-state index contributed by atoms with van der Waals surface area (Å²) in [4.78, 5) is 11.4. The Labute approximate surface area is 103 Å². The maximum atomic E-state index is 11.4. The second-order valence-corrected chi connectivity index (χ2v) is 4.20. The third kappa shape index (κ3) is 4.81. The predicted molar refractivity (Wildman–Crippen MR) is 71.1 cm³/mol. The van der Waals surface area contributed by atoms with E-state index >= 15 is 0 Å². The Morgan fingerprint density at radius 2 is 1.94 bits per heavy atom. The molecule has 0 fully saturated rings. The molecule has 0 saturated carbocycles. The molecule has 17 heavy (non-hydrogen) atoms. The summed E-state index contributed by atoms with van der Waals surface area (Å²) in [5, 5.41) is 4.09. The highest BCUT2D eigenvalue weighted by Gasteiger charge is 2.00. The molecule has 0 aromatic heterocycles. The molecule has 0 heterocycles. The van der Waals surface area contributed by atoms with Crippen molar-refractivity contribution in [1.82, 2.24) is 5.43 Å². The lowest BCUT2D eigenvalue weighted by Gasteiger charge is -2.03. The van der Waals surface area contributed by atoms with E-state index in [1.165, 1.54) is 5.56 Å². The lowest BCUT2D eigenvalue weighted by atomic mass is 10.1. The Balaban J connectivity index is 2.54. The van der Waals surface area contributed by atoms with E-state index in [1.807, 2.05) is 38.1 Å². The van der Waals surface area contributed by atoms with E-state index in [-0.39, 0.29) is 5.91 Å². The van der Waals surface area contributed by atoms with Crippen molar-refractivity contribution in [3.63, 3.8) is 0 Å². The monoisotopic (exact) mass is 232 g/mol. The van der Waals surface area contributed by atoms with Crippen LogP contribution in [0.15, 0.2) is 29.4 Å². The number of benzene rings is 1. The van der Waals surface area contributed by atoms with Gasteiger partial charge in [-0.2, -0.15) is 5.10 Å². The van der Waals surface area contributed by atoms with Crippen molar-refractivity contribution in [3.8, 4) is 0 Å². The zero-order valence-electron chi connectivity index (χ0n) is 10.8. The van der Waals surface area contributed by atoms with Crippen LogP contribution in [0.25, 0.3) is 0 Å². The lowest BCUT2D eigenvalue weighted by molar-refractivity contribution is -0.121. The number of nitrogens with one attached hydrogen (secondary N) is 1. The first-order valence-corrected chi connectivity index (χ1v) is 6.03. The highest BCUT2D eigenvalue weighted by Crippen LogP contribution is 2.04. The Kier molecular flexibility index (Phi) is 5.40. The number of hydrogen-bond donors (Lipinski definition) is 1. The molecule has 3 nitrogen and oxygen atoms in total. The Hall–Kier alpha value is -1.64. The quantitative estimate of drug-likeness (QED) is 0.615. The second-order valence-electron chi connectivity index (χ2n) is 4.20. The minimum absolute atomic E-state index is 0.0155. The van der Waals surface area contributed by atoms with E-state index in [0.717, 1.165) is 24.1 Å². The van der Waals surface area contributed by atoms with E-state index in [1.54, 1.807) is 0 Å². The molecule has 0 unspecified atom stereocenters. The molecule has 0 bridgehead atoms. The first-order valence-electron chi connectivity index (χ1n) is 6.03. The van der Waals surface area contributed by atoms with Crippen molar-refractivity contribution in [2.45, 2.75) is 40.0 Å². The van der Waals surface area contributed by atoms with Gasteiger partial charge in [-0.3, -0.25) is 4.79 Å². The number of carbonyl (C=O) groups excluding carboxylic acids is 1. The van der Waals surface area contributed by atoms with E-state index < -0.39 is 0 Å². The zero-order chi connectivity index (χ0) is 12.7. The van der Waals surface area contributed by atoms with Crippen LogP contribution < -0.4 is 5.43 Å². The average molecular weight is 232 g/mol. The van der Waals surface area contributed by atoms with Gasteiger partial charge in [0.05, 0.1) is 5.71 Å². The van der Waals surface area contributed by atoms with Crippen LogP contribution in [0.2, 0.25) is 0 Å². The summed E-state index contributed by atoms with van der Waals surface area (Å²) in [5.74, 6) is -0.0155. The number of carbonyl (C=O) groups is 1. The summed E-state index contributed by atoms with van der Waals surface area (Å²) >= 11 is 0. The van der Waals surface area contributed by atoms with Gasteiger partial charge in [0.2, 0.25) is 5.91 Å². The van der Waals surface area contributed by atoms with Gasteiger partial charge in [0.15, 0.2) is 0 Å². The highest BCUT2D eigenvalue weighted by molar-refractivity contribution is 5.99. The molecule has 0 aliphatic carbocycles. The fourth-order valence-corrected chi connectivity index (χ4v) is 1.40. The second kappa shape index (κ2) is 6.84. The van der Waals surface area contributed by atoms with Crippen LogP contribution in [0, 0.1) is 6.92 Å². The van der Waals surface area contributed by atoms with Gasteiger partial charge < -0.3 is 0 Å². The SMILES string of the molecule is CCCCC(=O)N/N=C(\C)c1ccc(C)cc1. The van der Waals surface area contributed by atoms with E-state index in [9.17, 15) is 4.79 Å². The van der Waals surface area contributed by atoms with Crippen molar-refractivity contribution in [2.24, 2.45) is 5.10 Å². The number of rotatable bonds is 5. The summed E-state index contributed by atoms with van der Waals surface area (Å²) in [5.41, 5.74) is 5.66. The average Bonchev–Trinajstić information content (AvgIpc) is 2.34. The molecule has 0 radical (unpaired) electrons. The van der Waals surface area contributed by atoms with Crippen LogP contribution in [0.4, 0.5) is 0 Å². The molecule has 0 aliphatic heterocycles. The largest absolute Gasteiger partial charge is 0.273 e. The maximum Gasteiger partial charge on any atom is 0.240 e. The summed E-state index contributed by atoms with van der Waals surface area (Å²) in [6.07, 6.45) is 2.47. The molecule has 3 heteroatoms. The first kappa shape index (κ1) is 13.4. The van der Waals surface area contributed by atoms with Gasteiger partial charge in [0.25, 0.3) is 0 Å². The Morgan fingerprint density at radius 1 is 1.29 bits per heavy atom. The van der Waals surface area contributed by atoms with Gasteiger partial charge in [-0.1, -0.05) is 43.2 Å². The highest BCUT2D eigenvalue weighted by atomic mass is 16.2. The van der Waals surface area contributed by atoms with Crippen LogP contribution in [0.5, 0.6) is 0 Å². The molecule has 1 amide bonds. The molecule has 1 N–H and O–H groups in total. The number of hydrogen-bond acceptors (Lipinski definition) is 2. The molecular weight excluding hydrogens is 212 g/mol. The number of unbranched alkanes of at least 4 members (excludes halogenated alkanes) is 1. The topological polar surface area (TPSA) is 41.5 Å². The molecule has 1 rings (SSSR count). The lowest BCUT2D eigenvalue weighted by Crippen LogP contribution is -2.18. The van der Waals surface area contributed by atoms with Gasteiger partial charge in [0.1, 0.15) is 0 Å². The predicted octanol–water partition coefficient (Wildman–Crippen LogP) is 3.03. The fourth-order valence-electron chi connectivity index (χ4n) is 1.40. The van der Waals surface area contributed by atoms with Crippen molar-refractivity contribution < 1.29 is 4.79 Å². The minimum atomic E-state index is -0.0155. The number of nitrogens with zero attached hydrogens (tertiary/aromatic N) is 1. The maximum absolute atomic E-state index is 11.4. The van der Waals surface area contributed by atoms with Crippen LogP contribution in [0.3, 0.4) is 0 Å². The molecule has 92 valence electrons. The summed E-state index contributed by atoms with van der Waals surface area (Å²) in [6, 6.07) is 8.08. The van der Waals surface area contributed by atoms with Gasteiger partial charge >= 0.3 is 0 Å². The molecule has 0 atom stereocenters. The van der Waals surface area contributed by atoms with Crippen LogP contribution in [0.1, 0.15) is 44.2 Å². The minimum Gasteiger partial charge on any atom is -0.273 e. The Morgan fingerprint density at radius 3 is 2.53 bits per heavy atom. The third-order valence-corrected chi connectivity index (χ3v) is 2.58. The fraction of sp³-hybridized carbons (Fsp3) is 0.429. The first-order chi connectivity index (χ1) is 8.13. The smallest absolute Gasteiger partial charge is 0.240 e. The molecular formula is C14H20N2O. The van der Waals surface area contributed by atoms with Crippen molar-refractivity contribution >= 4 is 11.6 Å². The number of hydrazone groups is 1. The van der Waals surface area contributed by atoms with Crippen molar-refractivity contribution in [1.29, 1.82) is 0 Å². The third-order valence-electron chi connectivity index (χ3n) is 2.58. The molecule has 0 aliphatic rings. The molecule has 0 saturated heterocycles. The van der Waals surface area contributed by atoms with Gasteiger partial charge in [0, 0.05) is 6.42 Å². The van der Waals surface area contributed by atoms with Gasteiger partial charge in [-0.05, 0) is 25.8 Å². The van der Waals surface area contributed by atoms with Gasteiger partial charge in [-0.15, -0.1) is 0 Å². The van der Waals surface area contributed by atoms with Crippen LogP contribution in [-0.2, 0) is 4.79 Å². The zero-order valence-corrected chi connectivity index (χ0v) is 10.8. The molecule has 1 aromatic rings. The van der Waals surface area contributed by atoms with E-state index in [0.29, 0.717) is 6.42 Å². The van der Waals surface area contributed by atoms with Crippen LogP contribution >= 0.6 is 0 Å². The van der Waals surface area contributed by atoms with Crippen LogP contribution in [-0.4, -0.2) is 11.6 Å². The van der Waals surface area contributed by atoms with E-state index in [2.05, 4.69) is 17.5 Å².